The number of hydrogen-bond donors (Lipinski definition) is 3. The van der Waals surface area contributed by atoms with E-state index in [0.717, 1.165) is 10.9 Å². The molecule has 2 rings (SSSR count). The number of nitrogens with zero attached hydrogens (tertiary/aromatic N) is 1. The fraction of sp³-hybridized carbons (Fsp3) is 0.182. The maximum atomic E-state index is 11.7. The first kappa shape index (κ1) is 11.1. The number of benzene rings is 1. The average molecular weight is 233 g/mol. The lowest BCUT2D eigenvalue weighted by Gasteiger charge is -2.08. The van der Waals surface area contributed by atoms with Gasteiger partial charge in [0.25, 0.3) is 5.91 Å². The predicted molar refractivity (Wildman–Crippen MR) is 60.7 cm³/mol. The van der Waals surface area contributed by atoms with Gasteiger partial charge in [-0.25, -0.2) is 0 Å². The lowest BCUT2D eigenvalue weighted by atomic mass is 10.1. The monoisotopic (exact) mass is 233 g/mol. The zero-order valence-corrected chi connectivity index (χ0v) is 9.10. The predicted octanol–water partition coefficient (Wildman–Crippen LogP) is 0.766. The van der Waals surface area contributed by atoms with Crippen LogP contribution in [0.2, 0.25) is 0 Å². The molecule has 1 heterocycles. The Hall–Kier alpha value is -2.37. The van der Waals surface area contributed by atoms with E-state index in [0.29, 0.717) is 5.56 Å². The molecule has 0 saturated carbocycles. The van der Waals surface area contributed by atoms with Crippen LogP contribution < -0.4 is 5.32 Å². The number of fused-ring (bicyclic) bond motifs is 1. The number of aliphatic carboxylic acids is 1. The number of carbonyl (C=O) groups excluding carboxylic acids is 1. The van der Waals surface area contributed by atoms with Crippen LogP contribution in [0, 0.1) is 0 Å². The molecule has 0 bridgehead atoms. The molecule has 0 radical (unpaired) electrons. The van der Waals surface area contributed by atoms with Crippen LogP contribution in [0.1, 0.15) is 17.3 Å². The number of amides is 1. The van der Waals surface area contributed by atoms with Crippen LogP contribution in [-0.4, -0.2) is 33.2 Å². The van der Waals surface area contributed by atoms with Gasteiger partial charge in [0.1, 0.15) is 6.04 Å². The fourth-order valence-electron chi connectivity index (χ4n) is 1.43. The summed E-state index contributed by atoms with van der Waals surface area (Å²) in [6.45, 7) is 1.41. The standard InChI is InChI=1S/C11H11N3O3/c1-6(11(16)17)13-10(15)7-2-3-9-8(4-7)5-12-14-9/h2-6H,1H3,(H,12,14)(H,13,15)(H,16,17). The third kappa shape index (κ3) is 2.25. The Labute approximate surface area is 96.6 Å². The van der Waals surface area contributed by atoms with Crippen LogP contribution in [0.5, 0.6) is 0 Å². The van der Waals surface area contributed by atoms with Gasteiger partial charge in [-0.05, 0) is 25.1 Å². The maximum Gasteiger partial charge on any atom is 0.325 e. The molecule has 1 atom stereocenters. The number of carboxylic acid groups (broad SMARTS) is 1. The van der Waals surface area contributed by atoms with Gasteiger partial charge >= 0.3 is 5.97 Å². The summed E-state index contributed by atoms with van der Waals surface area (Å²) in [5, 5.41) is 18.5. The Morgan fingerprint density at radius 3 is 2.94 bits per heavy atom. The highest BCUT2D eigenvalue weighted by Gasteiger charge is 2.15. The molecule has 6 heteroatoms. The summed E-state index contributed by atoms with van der Waals surface area (Å²) in [6, 6.07) is 4.08. The third-order valence-corrected chi connectivity index (χ3v) is 2.42. The summed E-state index contributed by atoms with van der Waals surface area (Å²) in [5.74, 6) is -1.48. The van der Waals surface area contributed by atoms with Crippen molar-refractivity contribution in [1.82, 2.24) is 15.5 Å². The van der Waals surface area contributed by atoms with Crippen molar-refractivity contribution < 1.29 is 14.7 Å². The first-order chi connectivity index (χ1) is 8.08. The van der Waals surface area contributed by atoms with Crippen molar-refractivity contribution in [2.24, 2.45) is 0 Å². The van der Waals surface area contributed by atoms with E-state index in [1.54, 1.807) is 24.4 Å². The maximum absolute atomic E-state index is 11.7. The summed E-state index contributed by atoms with van der Waals surface area (Å²) in [6.07, 6.45) is 1.60. The molecule has 0 aliphatic rings. The molecule has 0 fully saturated rings. The molecule has 1 amide bonds. The molecule has 17 heavy (non-hydrogen) atoms. The number of nitrogens with one attached hydrogen (secondary N) is 2. The zero-order valence-electron chi connectivity index (χ0n) is 9.10. The highest BCUT2D eigenvalue weighted by atomic mass is 16.4. The quantitative estimate of drug-likeness (QED) is 0.729. The van der Waals surface area contributed by atoms with Crippen LogP contribution in [0.3, 0.4) is 0 Å². The largest absolute Gasteiger partial charge is 0.480 e. The van der Waals surface area contributed by atoms with E-state index in [1.807, 2.05) is 0 Å². The van der Waals surface area contributed by atoms with E-state index in [4.69, 9.17) is 5.11 Å². The molecule has 2 aromatic rings. The SMILES string of the molecule is CC(NC(=O)c1ccc2[nH]ncc2c1)C(=O)O. The van der Waals surface area contributed by atoms with E-state index in [1.165, 1.54) is 6.92 Å². The van der Waals surface area contributed by atoms with Gasteiger partial charge in [0.05, 0.1) is 11.7 Å². The molecular weight excluding hydrogens is 222 g/mol. The number of aromatic nitrogens is 2. The molecular formula is C11H11N3O3. The van der Waals surface area contributed by atoms with E-state index in [2.05, 4.69) is 15.5 Å². The summed E-state index contributed by atoms with van der Waals surface area (Å²) >= 11 is 0. The lowest BCUT2D eigenvalue weighted by molar-refractivity contribution is -0.138. The summed E-state index contributed by atoms with van der Waals surface area (Å²) in [7, 11) is 0. The molecule has 1 aromatic carbocycles. The second-order valence-electron chi connectivity index (χ2n) is 3.71. The van der Waals surface area contributed by atoms with Crippen LogP contribution in [0.25, 0.3) is 10.9 Å². The summed E-state index contributed by atoms with van der Waals surface area (Å²) < 4.78 is 0. The number of carboxylic acids is 1. The first-order valence-corrected chi connectivity index (χ1v) is 5.05. The highest BCUT2D eigenvalue weighted by Crippen LogP contribution is 2.12. The van der Waals surface area contributed by atoms with E-state index >= 15 is 0 Å². The number of H-pyrrole nitrogens is 1. The van der Waals surface area contributed by atoms with Crippen molar-refractivity contribution in [2.75, 3.05) is 0 Å². The van der Waals surface area contributed by atoms with Gasteiger partial charge in [0, 0.05) is 10.9 Å². The van der Waals surface area contributed by atoms with Crippen molar-refractivity contribution in [2.45, 2.75) is 13.0 Å². The fourth-order valence-corrected chi connectivity index (χ4v) is 1.43. The second-order valence-corrected chi connectivity index (χ2v) is 3.71. The lowest BCUT2D eigenvalue weighted by Crippen LogP contribution is -2.38. The van der Waals surface area contributed by atoms with Crippen molar-refractivity contribution in [3.63, 3.8) is 0 Å². The van der Waals surface area contributed by atoms with Gasteiger partial charge < -0.3 is 10.4 Å². The van der Waals surface area contributed by atoms with Crippen molar-refractivity contribution >= 4 is 22.8 Å². The normalized spacial score (nSPS) is 12.3. The van der Waals surface area contributed by atoms with E-state index < -0.39 is 17.9 Å². The van der Waals surface area contributed by atoms with Crippen molar-refractivity contribution in [1.29, 1.82) is 0 Å². The van der Waals surface area contributed by atoms with Crippen LogP contribution in [0.4, 0.5) is 0 Å². The Kier molecular flexibility index (Phi) is 2.78. The molecule has 0 saturated heterocycles. The second kappa shape index (κ2) is 4.25. The summed E-state index contributed by atoms with van der Waals surface area (Å²) in [4.78, 5) is 22.3. The molecule has 0 spiro atoms. The molecule has 1 aromatic heterocycles. The van der Waals surface area contributed by atoms with E-state index in [9.17, 15) is 9.59 Å². The van der Waals surface area contributed by atoms with Gasteiger partial charge in [-0.1, -0.05) is 0 Å². The zero-order chi connectivity index (χ0) is 12.4. The average Bonchev–Trinajstić information content (AvgIpc) is 2.75. The van der Waals surface area contributed by atoms with Crippen molar-refractivity contribution in [3.8, 4) is 0 Å². The van der Waals surface area contributed by atoms with Gasteiger partial charge in [0.15, 0.2) is 0 Å². The molecule has 6 nitrogen and oxygen atoms in total. The van der Waals surface area contributed by atoms with Crippen LogP contribution >= 0.6 is 0 Å². The summed E-state index contributed by atoms with van der Waals surface area (Å²) in [5.41, 5.74) is 1.24. The molecule has 1 unspecified atom stereocenters. The smallest absolute Gasteiger partial charge is 0.325 e. The van der Waals surface area contributed by atoms with Gasteiger partial charge in [-0.2, -0.15) is 5.10 Å². The number of carbonyl (C=O) groups is 2. The van der Waals surface area contributed by atoms with Gasteiger partial charge in [-0.3, -0.25) is 14.7 Å². The van der Waals surface area contributed by atoms with Gasteiger partial charge in [0.2, 0.25) is 0 Å². The Bertz CT molecular complexity index is 576. The minimum absolute atomic E-state index is 0.409. The minimum Gasteiger partial charge on any atom is -0.480 e. The van der Waals surface area contributed by atoms with Gasteiger partial charge in [-0.15, -0.1) is 0 Å². The number of aromatic amines is 1. The van der Waals surface area contributed by atoms with Crippen LogP contribution in [-0.2, 0) is 4.79 Å². The third-order valence-electron chi connectivity index (χ3n) is 2.42. The Morgan fingerprint density at radius 1 is 1.47 bits per heavy atom. The van der Waals surface area contributed by atoms with E-state index in [-0.39, 0.29) is 0 Å². The number of hydrogen-bond acceptors (Lipinski definition) is 3. The molecule has 3 N–H and O–H groups in total. The Balaban J connectivity index is 2.21. The molecule has 0 aliphatic heterocycles. The topological polar surface area (TPSA) is 95.1 Å². The Morgan fingerprint density at radius 2 is 2.24 bits per heavy atom. The van der Waals surface area contributed by atoms with Crippen LogP contribution in [0.15, 0.2) is 24.4 Å². The molecule has 88 valence electrons. The minimum atomic E-state index is -1.07. The highest BCUT2D eigenvalue weighted by molar-refractivity contribution is 5.99. The first-order valence-electron chi connectivity index (χ1n) is 5.05. The van der Waals surface area contributed by atoms with Crippen molar-refractivity contribution in [3.05, 3.63) is 30.0 Å². The molecule has 0 aliphatic carbocycles. The number of rotatable bonds is 3.